The highest BCUT2D eigenvalue weighted by Crippen LogP contribution is 2.29. The van der Waals surface area contributed by atoms with E-state index < -0.39 is 17.0 Å². The van der Waals surface area contributed by atoms with E-state index in [2.05, 4.69) is 10.6 Å². The van der Waals surface area contributed by atoms with Gasteiger partial charge in [-0.25, -0.2) is 4.79 Å². The molecule has 1 saturated carbocycles. The van der Waals surface area contributed by atoms with Gasteiger partial charge in [-0.1, -0.05) is 39.5 Å². The number of hydrogen-bond acceptors (Lipinski definition) is 5. The Labute approximate surface area is 206 Å². The zero-order valence-electron chi connectivity index (χ0n) is 20.9. The second-order valence-corrected chi connectivity index (χ2v) is 10.0. The van der Waals surface area contributed by atoms with Crippen molar-refractivity contribution in [2.75, 3.05) is 25.0 Å². The fourth-order valence-electron chi connectivity index (χ4n) is 4.98. The van der Waals surface area contributed by atoms with Crippen LogP contribution >= 0.6 is 0 Å². The standard InChI is InChI=1S/C25H37N5O5/c1-17(2)23(27-25(33)26-20-9-11-21(12-10-20)30(34)35)24(32)28-14-15-29(18(3)16-28)22(31)13-8-19-6-4-5-7-19/h9-12,17-19,23H,4-8,13-16H2,1-3H3,(H2,26,27,33). The molecule has 2 aliphatic rings. The molecule has 1 aliphatic carbocycles. The normalized spacial score (nSPS) is 19.5. The van der Waals surface area contributed by atoms with Crippen molar-refractivity contribution >= 4 is 29.2 Å². The van der Waals surface area contributed by atoms with Crippen LogP contribution in [0.2, 0.25) is 0 Å². The summed E-state index contributed by atoms with van der Waals surface area (Å²) >= 11 is 0. The van der Waals surface area contributed by atoms with Crippen LogP contribution in [0.15, 0.2) is 24.3 Å². The number of rotatable bonds is 8. The fourth-order valence-corrected chi connectivity index (χ4v) is 4.98. The molecule has 0 aromatic heterocycles. The molecule has 2 N–H and O–H groups in total. The van der Waals surface area contributed by atoms with Gasteiger partial charge < -0.3 is 20.4 Å². The first-order valence-electron chi connectivity index (χ1n) is 12.6. The van der Waals surface area contributed by atoms with Crippen LogP contribution in [0.1, 0.15) is 59.3 Å². The van der Waals surface area contributed by atoms with Crippen molar-refractivity contribution in [3.8, 4) is 0 Å². The molecule has 3 rings (SSSR count). The summed E-state index contributed by atoms with van der Waals surface area (Å²) in [5.41, 5.74) is 0.317. The monoisotopic (exact) mass is 487 g/mol. The van der Waals surface area contributed by atoms with E-state index in [4.69, 9.17) is 0 Å². The number of nitrogens with zero attached hydrogens (tertiary/aromatic N) is 3. The number of nitro groups is 1. The zero-order valence-corrected chi connectivity index (χ0v) is 20.9. The Morgan fingerprint density at radius 2 is 1.77 bits per heavy atom. The van der Waals surface area contributed by atoms with Crippen molar-refractivity contribution in [1.29, 1.82) is 0 Å². The summed E-state index contributed by atoms with van der Waals surface area (Å²) in [6.45, 7) is 7.06. The van der Waals surface area contributed by atoms with Gasteiger partial charge in [-0.3, -0.25) is 19.7 Å². The third kappa shape index (κ3) is 7.16. The van der Waals surface area contributed by atoms with E-state index in [9.17, 15) is 24.5 Å². The summed E-state index contributed by atoms with van der Waals surface area (Å²) in [6.07, 6.45) is 6.52. The fraction of sp³-hybridized carbons (Fsp3) is 0.640. The third-order valence-electron chi connectivity index (χ3n) is 7.06. The number of benzene rings is 1. The predicted octanol–water partition coefficient (Wildman–Crippen LogP) is 3.77. The molecule has 0 bridgehead atoms. The second-order valence-electron chi connectivity index (χ2n) is 10.0. The Morgan fingerprint density at radius 3 is 2.34 bits per heavy atom. The molecule has 0 radical (unpaired) electrons. The number of hydrogen-bond donors (Lipinski definition) is 2. The Hall–Kier alpha value is -3.17. The van der Waals surface area contributed by atoms with Gasteiger partial charge in [0.15, 0.2) is 0 Å². The highest BCUT2D eigenvalue weighted by Gasteiger charge is 2.34. The van der Waals surface area contributed by atoms with E-state index >= 15 is 0 Å². The number of urea groups is 1. The molecule has 4 amide bonds. The van der Waals surface area contributed by atoms with Crippen molar-refractivity contribution < 1.29 is 19.3 Å². The Balaban J connectivity index is 1.52. The highest BCUT2D eigenvalue weighted by atomic mass is 16.6. The Kier molecular flexibility index (Phi) is 9.06. The minimum absolute atomic E-state index is 0.0727. The van der Waals surface area contributed by atoms with E-state index in [1.807, 2.05) is 25.7 Å². The number of nitro benzene ring substituents is 1. The van der Waals surface area contributed by atoms with E-state index in [1.165, 1.54) is 49.9 Å². The summed E-state index contributed by atoms with van der Waals surface area (Å²) in [7, 11) is 0. The molecule has 192 valence electrons. The number of carbonyl (C=O) groups is 3. The molecule has 10 heteroatoms. The lowest BCUT2D eigenvalue weighted by Crippen LogP contribution is -2.60. The maximum atomic E-state index is 13.3. The van der Waals surface area contributed by atoms with Gasteiger partial charge in [-0.2, -0.15) is 0 Å². The largest absolute Gasteiger partial charge is 0.337 e. The second kappa shape index (κ2) is 12.0. The van der Waals surface area contributed by atoms with Gasteiger partial charge in [-0.05, 0) is 37.3 Å². The summed E-state index contributed by atoms with van der Waals surface area (Å²) in [5.74, 6) is 0.514. The van der Waals surface area contributed by atoms with Gasteiger partial charge in [0.25, 0.3) is 5.69 Å². The number of anilines is 1. The molecule has 1 saturated heterocycles. The number of amides is 4. The molecular weight excluding hydrogens is 450 g/mol. The topological polar surface area (TPSA) is 125 Å². The first-order valence-corrected chi connectivity index (χ1v) is 12.6. The van der Waals surface area contributed by atoms with Crippen molar-refractivity contribution in [2.24, 2.45) is 11.8 Å². The minimum atomic E-state index is -0.732. The molecule has 2 atom stereocenters. The van der Waals surface area contributed by atoms with E-state index in [1.54, 1.807) is 4.90 Å². The van der Waals surface area contributed by atoms with Crippen LogP contribution in [-0.4, -0.2) is 64.3 Å². The molecule has 1 aromatic rings. The first-order chi connectivity index (χ1) is 16.7. The van der Waals surface area contributed by atoms with E-state index in [0.29, 0.717) is 37.7 Å². The maximum Gasteiger partial charge on any atom is 0.319 e. The Morgan fingerprint density at radius 1 is 1.11 bits per heavy atom. The minimum Gasteiger partial charge on any atom is -0.337 e. The number of non-ortho nitro benzene ring substituents is 1. The van der Waals surface area contributed by atoms with E-state index in [-0.39, 0.29) is 29.5 Å². The zero-order chi connectivity index (χ0) is 25.5. The smallest absolute Gasteiger partial charge is 0.319 e. The average molecular weight is 488 g/mol. The summed E-state index contributed by atoms with van der Waals surface area (Å²) < 4.78 is 0. The van der Waals surface area contributed by atoms with Crippen LogP contribution in [0.5, 0.6) is 0 Å². The molecule has 0 spiro atoms. The summed E-state index contributed by atoms with van der Waals surface area (Å²) in [6, 6.07) is 4.12. The van der Waals surface area contributed by atoms with Crippen LogP contribution in [-0.2, 0) is 9.59 Å². The lowest BCUT2D eigenvalue weighted by molar-refractivity contribution is -0.384. The lowest BCUT2D eigenvalue weighted by atomic mass is 10.00. The van der Waals surface area contributed by atoms with E-state index in [0.717, 1.165) is 6.42 Å². The summed E-state index contributed by atoms with van der Waals surface area (Å²) in [4.78, 5) is 52.5. The number of piperazine rings is 1. The van der Waals surface area contributed by atoms with Gasteiger partial charge in [0.05, 0.1) is 4.92 Å². The third-order valence-corrected chi connectivity index (χ3v) is 7.06. The van der Waals surface area contributed by atoms with Crippen molar-refractivity contribution in [3.05, 3.63) is 34.4 Å². The lowest BCUT2D eigenvalue weighted by Gasteiger charge is -2.41. The molecule has 1 aromatic carbocycles. The maximum absolute atomic E-state index is 13.3. The van der Waals surface area contributed by atoms with Gasteiger partial charge in [0.1, 0.15) is 6.04 Å². The highest BCUT2D eigenvalue weighted by molar-refractivity contribution is 5.94. The molecule has 35 heavy (non-hydrogen) atoms. The molecule has 10 nitrogen and oxygen atoms in total. The molecule has 2 fully saturated rings. The van der Waals surface area contributed by atoms with Crippen molar-refractivity contribution in [1.82, 2.24) is 15.1 Å². The van der Waals surface area contributed by atoms with Crippen LogP contribution < -0.4 is 10.6 Å². The van der Waals surface area contributed by atoms with Crippen molar-refractivity contribution in [2.45, 2.75) is 71.4 Å². The van der Waals surface area contributed by atoms with Crippen LogP contribution in [0.25, 0.3) is 0 Å². The Bertz CT molecular complexity index is 913. The van der Waals surface area contributed by atoms with Gasteiger partial charge >= 0.3 is 6.03 Å². The molecule has 2 unspecified atom stereocenters. The molecular formula is C25H37N5O5. The SMILES string of the molecule is CC(C)C(NC(=O)Nc1ccc([N+](=O)[O-])cc1)C(=O)N1CCN(C(=O)CCC2CCCC2)C(C)C1. The average Bonchev–Trinajstić information content (AvgIpc) is 3.34. The van der Waals surface area contributed by atoms with Crippen LogP contribution in [0.3, 0.4) is 0 Å². The number of nitrogens with one attached hydrogen (secondary N) is 2. The summed E-state index contributed by atoms with van der Waals surface area (Å²) in [5, 5.41) is 16.2. The van der Waals surface area contributed by atoms with Crippen LogP contribution in [0, 0.1) is 22.0 Å². The van der Waals surface area contributed by atoms with Gasteiger partial charge in [0, 0.05) is 49.9 Å². The van der Waals surface area contributed by atoms with Gasteiger partial charge in [-0.15, -0.1) is 0 Å². The number of carbonyl (C=O) groups excluding carboxylic acids is 3. The van der Waals surface area contributed by atoms with Crippen molar-refractivity contribution in [3.63, 3.8) is 0 Å². The predicted molar refractivity (Wildman–Crippen MR) is 133 cm³/mol. The van der Waals surface area contributed by atoms with Gasteiger partial charge in [0.2, 0.25) is 11.8 Å². The molecule has 1 heterocycles. The quantitative estimate of drug-likeness (QED) is 0.427. The van der Waals surface area contributed by atoms with Crippen LogP contribution in [0.4, 0.5) is 16.2 Å². The molecule has 1 aliphatic heterocycles. The first kappa shape index (κ1) is 26.4.